The molecule has 0 bridgehead atoms. The van der Waals surface area contributed by atoms with Crippen molar-refractivity contribution in [3.63, 3.8) is 0 Å². The molecule has 6 atom stereocenters. The fourth-order valence-corrected chi connectivity index (χ4v) is 2.02. The number of aliphatic hydroxyl groups excluding tert-OH is 3. The molecule has 0 aromatic heterocycles. The average Bonchev–Trinajstić information content (AvgIpc) is 2.52. The molecule has 3 N–H and O–H groups in total. The Balaban J connectivity index is 1.93. The van der Waals surface area contributed by atoms with Crippen molar-refractivity contribution in [1.82, 2.24) is 0 Å². The molecule has 1 aliphatic rings. The molecule has 0 saturated carbocycles. The molecular formula is C14H20O6. The molecule has 0 aliphatic carbocycles. The van der Waals surface area contributed by atoms with Crippen LogP contribution in [0, 0.1) is 0 Å². The van der Waals surface area contributed by atoms with E-state index in [4.69, 9.17) is 15.6 Å². The maximum atomic E-state index is 9.87. The number of hydrogen-bond donors (Lipinski definition) is 3. The largest absolute Gasteiger partial charge is 0.387 e. The first kappa shape index (κ1) is 13.9. The summed E-state index contributed by atoms with van der Waals surface area (Å²) < 4.78 is 23.5. The number of aliphatic hydroxyl groups is 3. The standard InChI is InChI=1S/C14H20O6/c1-18-14-13(17)12(16)11(15)10(20-14)8-19-7-9-5-3-2-4-6-9/h2-6,10-17H,7-8H2,1H3/t10-,11-,12+,13-,14?/m1/s1/i7D/t7?,10-,11-,12+,13-,14?. The van der Waals surface area contributed by atoms with Gasteiger partial charge in [0, 0.05) is 7.11 Å². The van der Waals surface area contributed by atoms with Gasteiger partial charge in [0.05, 0.1) is 14.6 Å². The summed E-state index contributed by atoms with van der Waals surface area (Å²) in [6, 6.07) is 8.95. The van der Waals surface area contributed by atoms with E-state index in [2.05, 4.69) is 0 Å². The molecule has 0 radical (unpaired) electrons. The van der Waals surface area contributed by atoms with Crippen molar-refractivity contribution in [3.05, 3.63) is 35.9 Å². The maximum Gasteiger partial charge on any atom is 0.186 e. The van der Waals surface area contributed by atoms with Gasteiger partial charge in [0.2, 0.25) is 0 Å². The van der Waals surface area contributed by atoms with Crippen molar-refractivity contribution in [1.29, 1.82) is 0 Å². The Hall–Kier alpha value is -1.02. The molecule has 1 aromatic rings. The summed E-state index contributed by atoms with van der Waals surface area (Å²) in [5, 5.41) is 29.3. The highest BCUT2D eigenvalue weighted by Gasteiger charge is 2.43. The highest BCUT2D eigenvalue weighted by atomic mass is 16.7. The van der Waals surface area contributed by atoms with Crippen molar-refractivity contribution >= 4 is 0 Å². The minimum Gasteiger partial charge on any atom is -0.387 e. The van der Waals surface area contributed by atoms with E-state index in [1.807, 2.05) is 6.07 Å². The van der Waals surface area contributed by atoms with Gasteiger partial charge in [-0.2, -0.15) is 0 Å². The third kappa shape index (κ3) is 3.54. The molecular weight excluding hydrogens is 264 g/mol. The first-order valence-corrected chi connectivity index (χ1v) is 6.36. The van der Waals surface area contributed by atoms with Crippen LogP contribution in [0.25, 0.3) is 0 Å². The number of methoxy groups -OCH3 is 1. The summed E-state index contributed by atoms with van der Waals surface area (Å²) in [4.78, 5) is 0. The summed E-state index contributed by atoms with van der Waals surface area (Å²) in [6.07, 6.45) is -5.96. The molecule has 6 nitrogen and oxygen atoms in total. The highest BCUT2D eigenvalue weighted by molar-refractivity contribution is 5.13. The second kappa shape index (κ2) is 7.12. The minimum atomic E-state index is -1.39. The lowest BCUT2D eigenvalue weighted by Gasteiger charge is -2.39. The van der Waals surface area contributed by atoms with Crippen LogP contribution in [0.4, 0.5) is 0 Å². The zero-order chi connectivity index (χ0) is 15.4. The SMILES string of the molecule is [2H]C(OC[C@H]1OC(OC)[C@H](O)[C@@H](O)[C@@H]1O)c1ccccc1. The van der Waals surface area contributed by atoms with Crippen LogP contribution >= 0.6 is 0 Å². The smallest absolute Gasteiger partial charge is 0.186 e. The van der Waals surface area contributed by atoms with Crippen LogP contribution in [0.15, 0.2) is 30.3 Å². The van der Waals surface area contributed by atoms with Gasteiger partial charge in [-0.05, 0) is 5.56 Å². The molecule has 1 fully saturated rings. The molecule has 112 valence electrons. The van der Waals surface area contributed by atoms with Crippen LogP contribution < -0.4 is 0 Å². The molecule has 20 heavy (non-hydrogen) atoms. The van der Waals surface area contributed by atoms with E-state index < -0.39 is 37.3 Å². The van der Waals surface area contributed by atoms with E-state index in [1.54, 1.807) is 24.3 Å². The van der Waals surface area contributed by atoms with Gasteiger partial charge in [-0.15, -0.1) is 0 Å². The Morgan fingerprint density at radius 1 is 1.15 bits per heavy atom. The Labute approximate surface area is 118 Å². The lowest BCUT2D eigenvalue weighted by Crippen LogP contribution is -2.59. The zero-order valence-electron chi connectivity index (χ0n) is 12.1. The van der Waals surface area contributed by atoms with Crippen molar-refractivity contribution in [2.75, 3.05) is 13.7 Å². The Kier molecular flexibility index (Phi) is 4.96. The topological polar surface area (TPSA) is 88.4 Å². The molecule has 1 aliphatic heterocycles. The number of ether oxygens (including phenoxy) is 3. The van der Waals surface area contributed by atoms with Gasteiger partial charge in [-0.1, -0.05) is 30.3 Å². The van der Waals surface area contributed by atoms with E-state index in [1.165, 1.54) is 7.11 Å². The van der Waals surface area contributed by atoms with Gasteiger partial charge in [-0.25, -0.2) is 0 Å². The summed E-state index contributed by atoms with van der Waals surface area (Å²) in [5.41, 5.74) is 0.673. The molecule has 0 spiro atoms. The fourth-order valence-electron chi connectivity index (χ4n) is 2.02. The van der Waals surface area contributed by atoms with Gasteiger partial charge in [0.1, 0.15) is 24.4 Å². The summed E-state index contributed by atoms with van der Waals surface area (Å²) in [7, 11) is 1.33. The molecule has 2 unspecified atom stereocenters. The molecule has 6 heteroatoms. The van der Waals surface area contributed by atoms with Crippen molar-refractivity contribution in [2.45, 2.75) is 37.3 Å². The van der Waals surface area contributed by atoms with Crippen LogP contribution in [0.3, 0.4) is 0 Å². The predicted molar refractivity (Wildman–Crippen MR) is 69.8 cm³/mol. The van der Waals surface area contributed by atoms with Gasteiger partial charge in [0.25, 0.3) is 0 Å². The van der Waals surface area contributed by atoms with Crippen LogP contribution in [0.5, 0.6) is 0 Å². The Bertz CT molecular complexity index is 429. The first-order chi connectivity index (χ1) is 10.0. The molecule has 1 aromatic carbocycles. The minimum absolute atomic E-state index is 0.103. The van der Waals surface area contributed by atoms with E-state index >= 15 is 0 Å². The van der Waals surface area contributed by atoms with Crippen LogP contribution in [-0.4, -0.2) is 59.7 Å². The quantitative estimate of drug-likeness (QED) is 0.686. The maximum absolute atomic E-state index is 9.87. The molecule has 2 rings (SSSR count). The van der Waals surface area contributed by atoms with Gasteiger partial charge >= 0.3 is 0 Å². The molecule has 1 heterocycles. The zero-order valence-corrected chi connectivity index (χ0v) is 11.1. The third-order valence-corrected chi connectivity index (χ3v) is 3.18. The number of hydrogen-bond acceptors (Lipinski definition) is 6. The monoisotopic (exact) mass is 285 g/mol. The van der Waals surface area contributed by atoms with Crippen molar-refractivity contribution in [3.8, 4) is 0 Å². The third-order valence-electron chi connectivity index (χ3n) is 3.18. The van der Waals surface area contributed by atoms with Gasteiger partial charge in [-0.3, -0.25) is 0 Å². The van der Waals surface area contributed by atoms with Gasteiger partial charge < -0.3 is 29.5 Å². The van der Waals surface area contributed by atoms with E-state index in [9.17, 15) is 15.3 Å². The molecule has 1 saturated heterocycles. The van der Waals surface area contributed by atoms with E-state index in [0.717, 1.165) is 0 Å². The van der Waals surface area contributed by atoms with Crippen LogP contribution in [-0.2, 0) is 20.8 Å². The summed E-state index contributed by atoms with van der Waals surface area (Å²) in [5.74, 6) is 0. The van der Waals surface area contributed by atoms with Crippen LogP contribution in [0.2, 0.25) is 0 Å². The van der Waals surface area contributed by atoms with Crippen molar-refractivity contribution in [2.24, 2.45) is 0 Å². The first-order valence-electron chi connectivity index (χ1n) is 6.93. The fraction of sp³-hybridized carbons (Fsp3) is 0.571. The lowest BCUT2D eigenvalue weighted by atomic mass is 9.99. The Morgan fingerprint density at radius 2 is 1.85 bits per heavy atom. The van der Waals surface area contributed by atoms with Crippen molar-refractivity contribution < 1.29 is 30.9 Å². The summed E-state index contributed by atoms with van der Waals surface area (Å²) >= 11 is 0. The number of rotatable bonds is 5. The van der Waals surface area contributed by atoms with Gasteiger partial charge in [0.15, 0.2) is 6.29 Å². The second-order valence-electron chi connectivity index (χ2n) is 4.61. The predicted octanol–water partition coefficient (Wildman–Crippen LogP) is -0.343. The second-order valence-corrected chi connectivity index (χ2v) is 4.61. The van der Waals surface area contributed by atoms with E-state index in [-0.39, 0.29) is 6.61 Å². The number of benzene rings is 1. The van der Waals surface area contributed by atoms with E-state index in [0.29, 0.717) is 5.56 Å². The molecule has 0 amide bonds. The summed E-state index contributed by atoms with van der Waals surface area (Å²) in [6.45, 7) is -1.03. The average molecular weight is 285 g/mol. The van der Waals surface area contributed by atoms with Crippen LogP contribution in [0.1, 0.15) is 6.93 Å². The Morgan fingerprint density at radius 3 is 2.50 bits per heavy atom. The lowest BCUT2D eigenvalue weighted by molar-refractivity contribution is -0.296. The normalized spacial score (nSPS) is 36.4. The highest BCUT2D eigenvalue weighted by Crippen LogP contribution is 2.22.